The van der Waals surface area contributed by atoms with Gasteiger partial charge in [0.25, 0.3) is 0 Å². The summed E-state index contributed by atoms with van der Waals surface area (Å²) in [4.78, 5) is 4.13. The summed E-state index contributed by atoms with van der Waals surface area (Å²) >= 11 is 5.95. The molecule has 0 radical (unpaired) electrons. The van der Waals surface area contributed by atoms with Gasteiger partial charge in [0, 0.05) is 18.8 Å². The van der Waals surface area contributed by atoms with Gasteiger partial charge in [0.2, 0.25) is 5.03 Å². The standard InChI is InChI=1S/C20H17ClF3N3O3S/c21-14-7-11(1-3-15(14)22)19(12-2-4-16(23)17(24)8-12)20-26-18(31(28,29)30)10-27(20)13-5-6-25-9-13/h1-4,7-8,10,13,19,25H,5-6,9H2,(H,28,29,30). The summed E-state index contributed by atoms with van der Waals surface area (Å²) in [5.41, 5.74) is 0.637. The van der Waals surface area contributed by atoms with Crippen LogP contribution in [-0.2, 0) is 10.1 Å². The van der Waals surface area contributed by atoms with Crippen molar-refractivity contribution in [3.63, 3.8) is 0 Å². The molecule has 1 saturated heterocycles. The number of hydrogen-bond donors (Lipinski definition) is 2. The predicted molar refractivity (Wildman–Crippen MR) is 107 cm³/mol. The highest BCUT2D eigenvalue weighted by atomic mass is 35.5. The summed E-state index contributed by atoms with van der Waals surface area (Å²) in [7, 11) is -4.63. The number of halogens is 4. The van der Waals surface area contributed by atoms with E-state index in [0.29, 0.717) is 25.1 Å². The minimum Gasteiger partial charge on any atom is -0.328 e. The zero-order chi connectivity index (χ0) is 22.3. The van der Waals surface area contributed by atoms with Crippen LogP contribution in [0.2, 0.25) is 5.02 Å². The van der Waals surface area contributed by atoms with Gasteiger partial charge in [-0.25, -0.2) is 18.2 Å². The normalized spacial score (nSPS) is 17.8. The van der Waals surface area contributed by atoms with Crippen molar-refractivity contribution in [3.8, 4) is 0 Å². The number of aromatic nitrogens is 2. The summed E-state index contributed by atoms with van der Waals surface area (Å²) in [5, 5.41) is 2.39. The van der Waals surface area contributed by atoms with Crippen LogP contribution < -0.4 is 5.32 Å². The SMILES string of the molecule is O=S(=O)(O)c1cn(C2CCNC2)c(C(c2ccc(F)c(F)c2)c2ccc(F)c(Cl)c2)n1. The zero-order valence-electron chi connectivity index (χ0n) is 15.9. The lowest BCUT2D eigenvalue weighted by molar-refractivity contribution is 0.479. The molecule has 1 aliphatic heterocycles. The molecule has 0 amide bonds. The molecule has 1 aromatic heterocycles. The molecule has 1 aliphatic rings. The fourth-order valence-electron chi connectivity index (χ4n) is 3.77. The van der Waals surface area contributed by atoms with Crippen molar-refractivity contribution >= 4 is 21.7 Å². The minimum absolute atomic E-state index is 0.162. The first-order chi connectivity index (χ1) is 14.6. The van der Waals surface area contributed by atoms with Crippen LogP contribution >= 0.6 is 11.6 Å². The Morgan fingerprint density at radius 1 is 1.10 bits per heavy atom. The highest BCUT2D eigenvalue weighted by molar-refractivity contribution is 7.85. The second-order valence-corrected chi connectivity index (χ2v) is 9.02. The van der Waals surface area contributed by atoms with E-state index in [2.05, 4.69) is 10.3 Å². The van der Waals surface area contributed by atoms with E-state index < -0.39 is 38.5 Å². The third kappa shape index (κ3) is 4.33. The lowest BCUT2D eigenvalue weighted by Crippen LogP contribution is -2.18. The van der Waals surface area contributed by atoms with Crippen LogP contribution in [0.25, 0.3) is 0 Å². The molecule has 31 heavy (non-hydrogen) atoms. The summed E-state index contributed by atoms with van der Waals surface area (Å²) < 4.78 is 76.2. The van der Waals surface area contributed by atoms with Crippen LogP contribution in [0.1, 0.15) is 35.3 Å². The highest BCUT2D eigenvalue weighted by Crippen LogP contribution is 2.36. The Hall–Kier alpha value is -2.40. The van der Waals surface area contributed by atoms with E-state index in [1.165, 1.54) is 24.4 Å². The van der Waals surface area contributed by atoms with Gasteiger partial charge in [0.15, 0.2) is 11.6 Å². The maximum Gasteiger partial charge on any atom is 0.313 e. The molecular weight excluding hydrogens is 455 g/mol. The van der Waals surface area contributed by atoms with E-state index in [1.807, 2.05) is 0 Å². The molecule has 0 bridgehead atoms. The summed E-state index contributed by atoms with van der Waals surface area (Å²) in [6.45, 7) is 1.20. The molecule has 4 rings (SSSR count). The number of nitrogens with zero attached hydrogens (tertiary/aromatic N) is 2. The molecular formula is C20H17ClF3N3O3S. The first-order valence-electron chi connectivity index (χ1n) is 9.32. The molecule has 1 fully saturated rings. The van der Waals surface area contributed by atoms with Crippen LogP contribution in [0.15, 0.2) is 47.6 Å². The number of imidazole rings is 1. The second-order valence-electron chi connectivity index (χ2n) is 7.25. The topological polar surface area (TPSA) is 84.2 Å². The molecule has 2 N–H and O–H groups in total. The lowest BCUT2D eigenvalue weighted by Gasteiger charge is -2.22. The van der Waals surface area contributed by atoms with Crippen LogP contribution in [0, 0.1) is 17.5 Å². The minimum atomic E-state index is -4.63. The van der Waals surface area contributed by atoms with Gasteiger partial charge >= 0.3 is 10.1 Å². The van der Waals surface area contributed by atoms with E-state index in [-0.39, 0.29) is 22.5 Å². The van der Waals surface area contributed by atoms with Crippen molar-refractivity contribution in [2.24, 2.45) is 0 Å². The van der Waals surface area contributed by atoms with Gasteiger partial charge in [-0.3, -0.25) is 4.55 Å². The lowest BCUT2D eigenvalue weighted by atomic mass is 9.90. The maximum absolute atomic E-state index is 14.1. The van der Waals surface area contributed by atoms with Gasteiger partial charge in [-0.05, 0) is 48.4 Å². The number of hydrogen-bond acceptors (Lipinski definition) is 4. The zero-order valence-corrected chi connectivity index (χ0v) is 17.5. The molecule has 2 aromatic carbocycles. The van der Waals surface area contributed by atoms with Crippen molar-refractivity contribution in [2.75, 3.05) is 13.1 Å². The molecule has 164 valence electrons. The summed E-state index contributed by atoms with van der Waals surface area (Å²) in [6.07, 6.45) is 1.86. The van der Waals surface area contributed by atoms with E-state index in [1.54, 1.807) is 4.57 Å². The van der Waals surface area contributed by atoms with E-state index in [0.717, 1.165) is 18.2 Å². The largest absolute Gasteiger partial charge is 0.328 e. The van der Waals surface area contributed by atoms with Crippen LogP contribution in [0.4, 0.5) is 13.2 Å². The van der Waals surface area contributed by atoms with Crippen LogP contribution in [-0.4, -0.2) is 35.6 Å². The first kappa shape index (κ1) is 21.8. The van der Waals surface area contributed by atoms with Crippen molar-refractivity contribution in [3.05, 3.63) is 82.0 Å². The predicted octanol–water partition coefficient (Wildman–Crippen LogP) is 3.92. The second kappa shape index (κ2) is 8.27. The van der Waals surface area contributed by atoms with Gasteiger partial charge in [-0.1, -0.05) is 23.7 Å². The molecule has 2 unspecified atom stereocenters. The van der Waals surface area contributed by atoms with Gasteiger partial charge in [0.1, 0.15) is 11.6 Å². The van der Waals surface area contributed by atoms with Gasteiger partial charge in [0.05, 0.1) is 10.9 Å². The Labute approximate surface area is 181 Å². The Morgan fingerprint density at radius 3 is 2.35 bits per heavy atom. The average molecular weight is 472 g/mol. The number of rotatable bonds is 5. The highest BCUT2D eigenvalue weighted by Gasteiger charge is 2.31. The van der Waals surface area contributed by atoms with Gasteiger partial charge in [-0.2, -0.15) is 8.42 Å². The Bertz CT molecular complexity index is 1190. The van der Waals surface area contributed by atoms with Crippen LogP contribution in [0.5, 0.6) is 0 Å². The average Bonchev–Trinajstić information content (AvgIpc) is 3.37. The van der Waals surface area contributed by atoms with Crippen molar-refractivity contribution in [1.82, 2.24) is 14.9 Å². The monoisotopic (exact) mass is 471 g/mol. The van der Waals surface area contributed by atoms with E-state index in [9.17, 15) is 26.1 Å². The Balaban J connectivity index is 1.97. The molecule has 2 atom stereocenters. The van der Waals surface area contributed by atoms with Crippen molar-refractivity contribution in [1.29, 1.82) is 0 Å². The molecule has 11 heteroatoms. The molecule has 3 aromatic rings. The third-order valence-corrected chi connectivity index (χ3v) is 6.26. The number of nitrogens with one attached hydrogen (secondary N) is 1. The van der Waals surface area contributed by atoms with Crippen LogP contribution in [0.3, 0.4) is 0 Å². The van der Waals surface area contributed by atoms with E-state index in [4.69, 9.17) is 11.6 Å². The van der Waals surface area contributed by atoms with Gasteiger partial charge < -0.3 is 9.88 Å². The van der Waals surface area contributed by atoms with Gasteiger partial charge in [-0.15, -0.1) is 0 Å². The fraction of sp³-hybridized carbons (Fsp3) is 0.250. The van der Waals surface area contributed by atoms with E-state index >= 15 is 0 Å². The molecule has 0 spiro atoms. The summed E-state index contributed by atoms with van der Waals surface area (Å²) in [6, 6.07) is 6.90. The maximum atomic E-state index is 14.1. The quantitative estimate of drug-likeness (QED) is 0.551. The first-order valence-corrected chi connectivity index (χ1v) is 11.1. The molecule has 0 saturated carbocycles. The Morgan fingerprint density at radius 2 is 1.77 bits per heavy atom. The fourth-order valence-corrected chi connectivity index (χ4v) is 4.41. The summed E-state index contributed by atoms with van der Waals surface area (Å²) in [5.74, 6) is -3.58. The molecule has 0 aliphatic carbocycles. The van der Waals surface area contributed by atoms with Crippen molar-refractivity contribution < 1.29 is 26.1 Å². The Kier molecular flexibility index (Phi) is 5.82. The third-order valence-electron chi connectivity index (χ3n) is 5.24. The smallest absolute Gasteiger partial charge is 0.313 e. The molecule has 6 nitrogen and oxygen atoms in total. The number of benzene rings is 2. The van der Waals surface area contributed by atoms with Crippen molar-refractivity contribution in [2.45, 2.75) is 23.4 Å². The molecule has 2 heterocycles.